The molecule has 6 heteroatoms. The molecular weight excluding hydrogens is 451 g/mol. The average Bonchev–Trinajstić information content (AvgIpc) is 3.21. The third-order valence-electron chi connectivity index (χ3n) is 6.68. The number of halogens is 1. The van der Waals surface area contributed by atoms with E-state index in [1.54, 1.807) is 24.3 Å². The highest BCUT2D eigenvalue weighted by molar-refractivity contribution is 5.98. The molecule has 0 spiro atoms. The van der Waals surface area contributed by atoms with Crippen LogP contribution in [0.3, 0.4) is 0 Å². The number of carbonyl (C=O) groups is 1. The minimum Gasteiger partial charge on any atom is -0.346 e. The predicted molar refractivity (Wildman–Crippen MR) is 139 cm³/mol. The second-order valence-electron chi connectivity index (χ2n) is 9.56. The summed E-state index contributed by atoms with van der Waals surface area (Å²) in [6, 6.07) is 12.4. The molecule has 0 aliphatic carbocycles. The van der Waals surface area contributed by atoms with E-state index in [4.69, 9.17) is 10.2 Å². The zero-order chi connectivity index (χ0) is 25.9. The third-order valence-corrected chi connectivity index (χ3v) is 6.68. The van der Waals surface area contributed by atoms with Crippen LogP contribution in [0.5, 0.6) is 0 Å². The van der Waals surface area contributed by atoms with Crippen LogP contribution in [0, 0.1) is 43.9 Å². The van der Waals surface area contributed by atoms with Gasteiger partial charge in [-0.3, -0.25) is 4.79 Å². The molecule has 1 N–H and O–H groups in total. The third kappa shape index (κ3) is 5.04. The van der Waals surface area contributed by atoms with Crippen molar-refractivity contribution in [3.63, 3.8) is 0 Å². The van der Waals surface area contributed by atoms with E-state index in [2.05, 4.69) is 23.7 Å². The highest BCUT2D eigenvalue weighted by Gasteiger charge is 2.47. The number of nitrogens with one attached hydrogen (secondary N) is 1. The number of aromatic nitrogens is 2. The van der Waals surface area contributed by atoms with E-state index in [0.717, 1.165) is 59.6 Å². The summed E-state index contributed by atoms with van der Waals surface area (Å²) in [5, 5.41) is 8.97. The molecule has 0 saturated carbocycles. The Bertz CT molecular complexity index is 1380. The van der Waals surface area contributed by atoms with E-state index >= 15 is 4.39 Å². The number of aryl methyl sites for hydroxylation is 4. The molecule has 0 bridgehead atoms. The number of unbranched alkanes of at least 4 members (excludes halogenated alkanes) is 1. The Morgan fingerprint density at radius 2 is 1.81 bits per heavy atom. The number of hydrogen-bond donors (Lipinski definition) is 1. The first kappa shape index (κ1) is 25.2. The van der Waals surface area contributed by atoms with E-state index in [9.17, 15) is 4.79 Å². The van der Waals surface area contributed by atoms with Gasteiger partial charge in [-0.25, -0.2) is 9.37 Å². The number of aromatic amines is 1. The molecule has 3 aromatic rings. The monoisotopic (exact) mass is 482 g/mol. The van der Waals surface area contributed by atoms with E-state index in [0.29, 0.717) is 16.7 Å². The normalized spacial score (nSPS) is 13.9. The molecule has 36 heavy (non-hydrogen) atoms. The molecular formula is C30H31FN4O. The topological polar surface area (TPSA) is 72.8 Å². The second kappa shape index (κ2) is 10.4. The van der Waals surface area contributed by atoms with Crippen LogP contribution >= 0.6 is 0 Å². The van der Waals surface area contributed by atoms with Crippen LogP contribution in [0.15, 0.2) is 36.4 Å². The number of amides is 1. The highest BCUT2D eigenvalue weighted by Crippen LogP contribution is 2.38. The smallest absolute Gasteiger partial charge is 0.254 e. The van der Waals surface area contributed by atoms with E-state index in [1.807, 2.05) is 39.0 Å². The second-order valence-corrected chi connectivity index (χ2v) is 9.56. The minimum absolute atomic E-state index is 0.00890. The number of carbonyl (C=O) groups excluding carboxylic acids is 1. The molecule has 5 nitrogen and oxygen atoms in total. The van der Waals surface area contributed by atoms with Gasteiger partial charge in [-0.1, -0.05) is 25.1 Å². The van der Waals surface area contributed by atoms with Crippen molar-refractivity contribution in [2.24, 2.45) is 0 Å². The number of imidazole rings is 1. The molecule has 2 heterocycles. The fourth-order valence-corrected chi connectivity index (χ4v) is 4.62. The van der Waals surface area contributed by atoms with E-state index in [-0.39, 0.29) is 19.0 Å². The number of alkyl halides is 1. The van der Waals surface area contributed by atoms with Gasteiger partial charge >= 0.3 is 0 Å². The summed E-state index contributed by atoms with van der Waals surface area (Å²) in [5.41, 5.74) is 4.52. The highest BCUT2D eigenvalue weighted by atomic mass is 19.1. The quantitative estimate of drug-likeness (QED) is 0.443. The molecule has 0 unspecified atom stereocenters. The number of rotatable bonds is 6. The fraction of sp³-hybridized carbons (Fsp3) is 0.367. The zero-order valence-electron chi connectivity index (χ0n) is 21.3. The van der Waals surface area contributed by atoms with Gasteiger partial charge in [-0.2, -0.15) is 5.26 Å². The first-order valence-corrected chi connectivity index (χ1v) is 12.4. The standard InChI is InChI=1S/C30H31FN4O/c1-5-6-7-8-9-10-27-33-22(4)28(34-27)25-16-26(21(3)15-20(25)2)29(36)35-18-30(31,19-35)24-13-11-23(17-32)12-14-24/h11-16H,5-6,9-10,18-19H2,1-4H3,(H,33,34). The lowest BCUT2D eigenvalue weighted by molar-refractivity contribution is -0.0231. The minimum atomic E-state index is -1.60. The largest absolute Gasteiger partial charge is 0.346 e. The van der Waals surface area contributed by atoms with E-state index in [1.165, 1.54) is 4.90 Å². The molecule has 1 saturated heterocycles. The zero-order valence-corrected chi connectivity index (χ0v) is 21.3. The van der Waals surface area contributed by atoms with Crippen LogP contribution in [0.1, 0.15) is 70.3 Å². The Labute approximate surface area is 212 Å². The molecule has 0 atom stereocenters. The van der Waals surface area contributed by atoms with Gasteiger partial charge in [0.2, 0.25) is 0 Å². The molecule has 1 aliphatic rings. The van der Waals surface area contributed by atoms with Gasteiger partial charge in [-0.05, 0) is 62.1 Å². The Morgan fingerprint density at radius 1 is 1.11 bits per heavy atom. The number of hydrogen-bond acceptors (Lipinski definition) is 3. The Hall–Kier alpha value is -3.90. The van der Waals surface area contributed by atoms with Gasteiger partial charge in [0.1, 0.15) is 5.82 Å². The molecule has 0 radical (unpaired) electrons. The van der Waals surface area contributed by atoms with E-state index < -0.39 is 5.67 Å². The van der Waals surface area contributed by atoms with Gasteiger partial charge < -0.3 is 9.88 Å². The number of H-pyrrole nitrogens is 1. The van der Waals surface area contributed by atoms with Crippen molar-refractivity contribution in [2.45, 2.75) is 59.0 Å². The first-order chi connectivity index (χ1) is 17.3. The maximum absolute atomic E-state index is 15.4. The fourth-order valence-electron chi connectivity index (χ4n) is 4.62. The van der Waals surface area contributed by atoms with Crippen LogP contribution in [0.2, 0.25) is 0 Å². The van der Waals surface area contributed by atoms with Crippen LogP contribution in [-0.2, 0) is 12.1 Å². The predicted octanol–water partition coefficient (Wildman–Crippen LogP) is 5.93. The summed E-state index contributed by atoms with van der Waals surface area (Å²) in [4.78, 5) is 23.1. The molecule has 1 fully saturated rings. The van der Waals surface area contributed by atoms with Crippen LogP contribution in [0.4, 0.5) is 4.39 Å². The summed E-state index contributed by atoms with van der Waals surface area (Å²) >= 11 is 0. The summed E-state index contributed by atoms with van der Waals surface area (Å²) in [7, 11) is 0. The van der Waals surface area contributed by atoms with Gasteiger partial charge in [0, 0.05) is 36.1 Å². The SMILES string of the molecule is CCCC#CCCc1nc(-c2cc(C(=O)N3CC(F)(c4ccc(C#N)cc4)C3)c(C)cc2C)c(C)[nH]1. The molecule has 1 aromatic heterocycles. The Kier molecular flexibility index (Phi) is 7.27. The van der Waals surface area contributed by atoms with Crippen molar-refractivity contribution in [1.82, 2.24) is 14.9 Å². The Balaban J connectivity index is 1.52. The van der Waals surface area contributed by atoms with Crippen LogP contribution < -0.4 is 0 Å². The molecule has 2 aromatic carbocycles. The lowest BCUT2D eigenvalue weighted by atomic mass is 9.86. The summed E-state index contributed by atoms with van der Waals surface area (Å²) in [6.07, 6.45) is 3.47. The maximum Gasteiger partial charge on any atom is 0.254 e. The lowest BCUT2D eigenvalue weighted by Gasteiger charge is -2.45. The van der Waals surface area contributed by atoms with Crippen molar-refractivity contribution in [3.05, 3.63) is 75.7 Å². The van der Waals surface area contributed by atoms with Crippen LogP contribution in [0.25, 0.3) is 11.3 Å². The summed E-state index contributed by atoms with van der Waals surface area (Å²) in [5.74, 6) is 7.05. The van der Waals surface area contributed by atoms with Gasteiger partial charge in [0.05, 0.1) is 30.4 Å². The van der Waals surface area contributed by atoms with Crippen molar-refractivity contribution in [3.8, 4) is 29.2 Å². The number of nitriles is 1. The van der Waals surface area contributed by atoms with Crippen LogP contribution in [-0.4, -0.2) is 33.9 Å². The first-order valence-electron chi connectivity index (χ1n) is 12.4. The van der Waals surface area contributed by atoms with Gasteiger partial charge in [0.25, 0.3) is 5.91 Å². The summed E-state index contributed by atoms with van der Waals surface area (Å²) in [6.45, 7) is 8.01. The van der Waals surface area contributed by atoms with Crippen molar-refractivity contribution in [2.75, 3.05) is 13.1 Å². The van der Waals surface area contributed by atoms with Crippen molar-refractivity contribution in [1.29, 1.82) is 5.26 Å². The molecule has 184 valence electrons. The Morgan fingerprint density at radius 3 is 2.47 bits per heavy atom. The van der Waals surface area contributed by atoms with Gasteiger partial charge in [0.15, 0.2) is 5.67 Å². The van der Waals surface area contributed by atoms with Crippen molar-refractivity contribution >= 4 is 5.91 Å². The molecule has 1 amide bonds. The molecule has 4 rings (SSSR count). The van der Waals surface area contributed by atoms with Gasteiger partial charge in [-0.15, -0.1) is 11.8 Å². The van der Waals surface area contributed by atoms with Crippen molar-refractivity contribution < 1.29 is 9.18 Å². The number of likely N-dealkylation sites (tertiary alicyclic amines) is 1. The number of benzene rings is 2. The molecule has 1 aliphatic heterocycles. The average molecular weight is 483 g/mol. The maximum atomic E-state index is 15.4. The lowest BCUT2D eigenvalue weighted by Crippen LogP contribution is -2.58. The number of nitrogens with zero attached hydrogens (tertiary/aromatic N) is 3. The summed E-state index contributed by atoms with van der Waals surface area (Å²) < 4.78 is 15.4.